The highest BCUT2D eigenvalue weighted by molar-refractivity contribution is 7.18. The first kappa shape index (κ1) is 13.3. The normalized spacial score (nSPS) is 14.8. The second-order valence-electron chi connectivity index (χ2n) is 4.75. The van der Waals surface area contributed by atoms with Crippen LogP contribution in [0.1, 0.15) is 34.6 Å². The maximum absolute atomic E-state index is 12.1. The Balaban J connectivity index is 1.70. The molecule has 0 aliphatic heterocycles. The highest BCUT2D eigenvalue weighted by atomic mass is 32.1. The number of amides is 1. The molecule has 8 heteroatoms. The Morgan fingerprint density at radius 3 is 2.80 bits per heavy atom. The number of aromatic nitrogens is 2. The number of nitrogens with one attached hydrogen (secondary N) is 2. The van der Waals surface area contributed by atoms with E-state index in [-0.39, 0.29) is 11.7 Å². The smallest absolute Gasteiger partial charge is 0.271 e. The van der Waals surface area contributed by atoms with Crippen molar-refractivity contribution in [3.05, 3.63) is 16.0 Å². The van der Waals surface area contributed by atoms with Crippen molar-refractivity contribution in [1.82, 2.24) is 9.97 Å². The van der Waals surface area contributed by atoms with Gasteiger partial charge in [0.15, 0.2) is 10.3 Å². The first-order valence-electron chi connectivity index (χ1n) is 6.38. The zero-order valence-corrected chi connectivity index (χ0v) is 12.6. The number of rotatable bonds is 4. The van der Waals surface area contributed by atoms with Gasteiger partial charge < -0.3 is 11.1 Å². The third-order valence-electron chi connectivity index (χ3n) is 3.13. The van der Waals surface area contributed by atoms with Gasteiger partial charge >= 0.3 is 0 Å². The predicted molar refractivity (Wildman–Crippen MR) is 82.6 cm³/mol. The van der Waals surface area contributed by atoms with Gasteiger partial charge in [0.1, 0.15) is 10.7 Å². The van der Waals surface area contributed by atoms with Crippen molar-refractivity contribution < 1.29 is 4.79 Å². The fourth-order valence-electron chi connectivity index (χ4n) is 1.85. The van der Waals surface area contributed by atoms with Crippen LogP contribution in [0.3, 0.4) is 0 Å². The van der Waals surface area contributed by atoms with E-state index in [9.17, 15) is 4.79 Å². The molecule has 3 rings (SSSR count). The number of carbonyl (C=O) groups is 1. The molecule has 0 atom stereocenters. The molecule has 4 N–H and O–H groups in total. The van der Waals surface area contributed by atoms with Crippen molar-refractivity contribution in [1.29, 1.82) is 0 Å². The van der Waals surface area contributed by atoms with Gasteiger partial charge in [-0.2, -0.15) is 0 Å². The monoisotopic (exact) mass is 309 g/mol. The lowest BCUT2D eigenvalue weighted by Gasteiger charge is -2.25. The Bertz CT molecular complexity index is 632. The molecule has 20 heavy (non-hydrogen) atoms. The number of aryl methyl sites for hydroxylation is 1. The van der Waals surface area contributed by atoms with Gasteiger partial charge in [-0.15, -0.1) is 11.3 Å². The third-order valence-corrected chi connectivity index (χ3v) is 5.01. The van der Waals surface area contributed by atoms with Gasteiger partial charge in [0.2, 0.25) is 0 Å². The Kier molecular flexibility index (Phi) is 3.58. The van der Waals surface area contributed by atoms with Gasteiger partial charge in [-0.1, -0.05) is 11.3 Å². The van der Waals surface area contributed by atoms with E-state index < -0.39 is 0 Å². The van der Waals surface area contributed by atoms with Crippen molar-refractivity contribution in [2.45, 2.75) is 32.2 Å². The Labute approximate surface area is 124 Å². The largest absolute Gasteiger partial charge is 0.382 e. The van der Waals surface area contributed by atoms with Gasteiger partial charge in [0.05, 0.1) is 5.69 Å². The Morgan fingerprint density at radius 1 is 1.40 bits per heavy atom. The van der Waals surface area contributed by atoms with Gasteiger partial charge in [0, 0.05) is 11.4 Å². The van der Waals surface area contributed by atoms with E-state index in [0.717, 1.165) is 18.5 Å². The molecule has 0 spiro atoms. The van der Waals surface area contributed by atoms with Crippen molar-refractivity contribution in [2.75, 3.05) is 16.4 Å². The lowest BCUT2D eigenvalue weighted by molar-refractivity contribution is 0.103. The zero-order chi connectivity index (χ0) is 14.1. The van der Waals surface area contributed by atoms with Gasteiger partial charge in [-0.05, 0) is 26.2 Å². The minimum absolute atomic E-state index is 0.254. The summed E-state index contributed by atoms with van der Waals surface area (Å²) in [4.78, 5) is 21.0. The summed E-state index contributed by atoms with van der Waals surface area (Å²) in [6, 6.07) is 0.470. The molecule has 0 bridgehead atoms. The zero-order valence-electron chi connectivity index (χ0n) is 11.0. The lowest BCUT2D eigenvalue weighted by atomic mass is 9.93. The van der Waals surface area contributed by atoms with Crippen LogP contribution in [0.2, 0.25) is 0 Å². The summed E-state index contributed by atoms with van der Waals surface area (Å²) >= 11 is 2.68. The van der Waals surface area contributed by atoms with Crippen LogP contribution in [0.5, 0.6) is 0 Å². The number of nitrogen functional groups attached to an aromatic ring is 1. The summed E-state index contributed by atoms with van der Waals surface area (Å²) < 4.78 is 0. The minimum atomic E-state index is -0.254. The average molecular weight is 309 g/mol. The molecule has 1 amide bonds. The standard InChI is InChI=1S/C12H15N5OS2/c1-6-5-19-11(14-6)17-10(18)8-9(13)16-12(20-8)15-7-3-2-4-7/h5,7H,2-4,13H2,1H3,(H,15,16)(H,14,17,18). The molecular weight excluding hydrogens is 294 g/mol. The minimum Gasteiger partial charge on any atom is -0.382 e. The molecule has 6 nitrogen and oxygen atoms in total. The highest BCUT2D eigenvalue weighted by Crippen LogP contribution is 2.30. The van der Waals surface area contributed by atoms with Crippen LogP contribution in [0, 0.1) is 6.92 Å². The van der Waals surface area contributed by atoms with Crippen LogP contribution in [-0.4, -0.2) is 21.9 Å². The van der Waals surface area contributed by atoms with Crippen molar-refractivity contribution in [3.8, 4) is 0 Å². The number of carbonyl (C=O) groups excluding carboxylic acids is 1. The molecule has 1 aliphatic rings. The summed E-state index contributed by atoms with van der Waals surface area (Å²) in [5.74, 6) is 0.0126. The molecule has 0 unspecified atom stereocenters. The maximum atomic E-state index is 12.1. The molecular formula is C12H15N5OS2. The quantitative estimate of drug-likeness (QED) is 0.807. The van der Waals surface area contributed by atoms with Gasteiger partial charge in [-0.25, -0.2) is 9.97 Å². The van der Waals surface area contributed by atoms with Crippen molar-refractivity contribution in [2.24, 2.45) is 0 Å². The second-order valence-corrected chi connectivity index (χ2v) is 6.61. The van der Waals surface area contributed by atoms with Crippen molar-refractivity contribution in [3.63, 3.8) is 0 Å². The molecule has 2 aromatic heterocycles. The first-order valence-corrected chi connectivity index (χ1v) is 8.08. The summed E-state index contributed by atoms with van der Waals surface area (Å²) in [5.41, 5.74) is 6.70. The van der Waals surface area contributed by atoms with Crippen LogP contribution in [0.25, 0.3) is 0 Å². The maximum Gasteiger partial charge on any atom is 0.271 e. The number of hydrogen-bond acceptors (Lipinski definition) is 7. The molecule has 1 fully saturated rings. The lowest BCUT2D eigenvalue weighted by Crippen LogP contribution is -2.26. The average Bonchev–Trinajstić information content (AvgIpc) is 2.90. The SMILES string of the molecule is Cc1csc(NC(=O)c2sc(NC3CCC3)nc2N)n1. The molecule has 106 valence electrons. The first-order chi connectivity index (χ1) is 9.61. The molecule has 1 saturated carbocycles. The van der Waals surface area contributed by atoms with Crippen LogP contribution in [0.4, 0.5) is 16.1 Å². The molecule has 2 heterocycles. The summed E-state index contributed by atoms with van der Waals surface area (Å²) in [5, 5.41) is 9.22. The number of hydrogen-bond donors (Lipinski definition) is 3. The molecule has 0 saturated heterocycles. The molecule has 0 aromatic carbocycles. The fourth-order valence-corrected chi connectivity index (χ4v) is 3.39. The van der Waals surface area contributed by atoms with E-state index in [0.29, 0.717) is 21.2 Å². The van der Waals surface area contributed by atoms with Gasteiger partial charge in [0.25, 0.3) is 5.91 Å². The number of anilines is 3. The van der Waals surface area contributed by atoms with Crippen molar-refractivity contribution >= 4 is 44.7 Å². The predicted octanol–water partition coefficient (Wildman–Crippen LogP) is 2.71. The number of nitrogens with zero attached hydrogens (tertiary/aromatic N) is 2. The van der Waals surface area contributed by atoms with E-state index in [1.807, 2.05) is 12.3 Å². The second kappa shape index (κ2) is 5.37. The van der Waals surface area contributed by atoms with E-state index >= 15 is 0 Å². The third kappa shape index (κ3) is 2.75. The van der Waals surface area contributed by atoms with Crippen LogP contribution in [-0.2, 0) is 0 Å². The summed E-state index contributed by atoms with van der Waals surface area (Å²) in [6.45, 7) is 1.88. The molecule has 1 aliphatic carbocycles. The van der Waals surface area contributed by atoms with Gasteiger partial charge in [-0.3, -0.25) is 10.1 Å². The number of thiazole rings is 2. The van der Waals surface area contributed by atoms with Crippen LogP contribution < -0.4 is 16.4 Å². The van der Waals surface area contributed by atoms with E-state index in [2.05, 4.69) is 20.6 Å². The Morgan fingerprint density at radius 2 is 2.20 bits per heavy atom. The molecule has 2 aromatic rings. The van der Waals surface area contributed by atoms with Crippen LogP contribution >= 0.6 is 22.7 Å². The summed E-state index contributed by atoms with van der Waals surface area (Å²) in [6.07, 6.45) is 3.55. The van der Waals surface area contributed by atoms with E-state index in [1.165, 1.54) is 29.1 Å². The molecule has 0 radical (unpaired) electrons. The summed E-state index contributed by atoms with van der Waals surface area (Å²) in [7, 11) is 0. The Hall–Kier alpha value is -1.67. The highest BCUT2D eigenvalue weighted by Gasteiger charge is 2.21. The van der Waals surface area contributed by atoms with E-state index in [4.69, 9.17) is 5.73 Å². The van der Waals surface area contributed by atoms with E-state index in [1.54, 1.807) is 0 Å². The fraction of sp³-hybridized carbons (Fsp3) is 0.417. The number of nitrogens with two attached hydrogens (primary N) is 1. The van der Waals surface area contributed by atoms with Crippen LogP contribution in [0.15, 0.2) is 5.38 Å². The topological polar surface area (TPSA) is 92.9 Å².